The quantitative estimate of drug-likeness (QED) is 0.213. The van der Waals surface area contributed by atoms with Gasteiger partial charge in [-0.25, -0.2) is 0 Å². The van der Waals surface area contributed by atoms with Crippen molar-refractivity contribution in [1.29, 1.82) is 0 Å². The molecule has 2 N–H and O–H groups in total. The van der Waals surface area contributed by atoms with Gasteiger partial charge in [0.25, 0.3) is 0 Å². The Kier molecular flexibility index (Phi) is 11.5. The Morgan fingerprint density at radius 3 is 0.959 bits per heavy atom. The molecule has 0 bridgehead atoms. The Hall–Kier alpha value is -4.75. The number of benzene rings is 4. The topological polar surface area (TPSA) is 98.3 Å². The fraction of sp³-hybridized carbons (Fsp3) is 0.357. The van der Waals surface area contributed by atoms with Crippen molar-refractivity contribution in [2.24, 2.45) is 16.2 Å². The second-order valence-corrected chi connectivity index (χ2v) is 15.6. The lowest BCUT2D eigenvalue weighted by Crippen LogP contribution is -2.58. The number of nitrogens with zero attached hydrogens (tertiary/aromatic N) is 1. The van der Waals surface area contributed by atoms with E-state index in [-0.39, 0.29) is 31.1 Å². The minimum absolute atomic E-state index is 0.0497. The first-order chi connectivity index (χ1) is 23.0. The molecule has 1 aliphatic carbocycles. The molecule has 5 rings (SSSR count). The minimum Gasteiger partial charge on any atom is -0.550 e. The van der Waals surface area contributed by atoms with Crippen LogP contribution in [0.15, 0.2) is 121 Å². The molecule has 1 aliphatic rings. The van der Waals surface area contributed by atoms with E-state index >= 15 is 0 Å². The summed E-state index contributed by atoms with van der Waals surface area (Å²) < 4.78 is 1.00. The Morgan fingerprint density at radius 1 is 0.510 bits per heavy atom. The SMILES string of the molecule is CC1(C(=O)[O-])C[C@](C)(C(=O)NC(c2ccccc2)c2ccccc2)C[C@](C)(C(=O)NC(c2ccccc2)c2ccccc2)C1.C[N+](C)(C)C. The number of hydrogen-bond donors (Lipinski definition) is 2. The molecular weight excluding hydrogens is 610 g/mol. The molecule has 1 saturated carbocycles. The number of rotatable bonds is 9. The molecule has 4 aromatic rings. The summed E-state index contributed by atoms with van der Waals surface area (Å²) in [5.74, 6) is -1.87. The van der Waals surface area contributed by atoms with Crippen molar-refractivity contribution in [3.63, 3.8) is 0 Å². The van der Waals surface area contributed by atoms with E-state index in [1.807, 2.05) is 121 Å². The number of nitrogens with one attached hydrogen (secondary N) is 2. The zero-order chi connectivity index (χ0) is 35.9. The molecule has 7 heteroatoms. The first-order valence-corrected chi connectivity index (χ1v) is 16.9. The Morgan fingerprint density at radius 2 is 0.735 bits per heavy atom. The van der Waals surface area contributed by atoms with Gasteiger partial charge in [0, 0.05) is 22.2 Å². The van der Waals surface area contributed by atoms with E-state index in [1.54, 1.807) is 20.8 Å². The van der Waals surface area contributed by atoms with E-state index in [2.05, 4.69) is 38.8 Å². The summed E-state index contributed by atoms with van der Waals surface area (Å²) in [6, 6.07) is 37.8. The molecule has 4 aromatic carbocycles. The van der Waals surface area contributed by atoms with Gasteiger partial charge in [0.05, 0.1) is 40.3 Å². The van der Waals surface area contributed by atoms with Crippen LogP contribution in [-0.4, -0.2) is 50.5 Å². The van der Waals surface area contributed by atoms with Crippen molar-refractivity contribution in [1.82, 2.24) is 10.6 Å². The van der Waals surface area contributed by atoms with E-state index in [0.717, 1.165) is 26.7 Å². The summed E-state index contributed by atoms with van der Waals surface area (Å²) in [7, 11) is 8.50. The molecule has 3 atom stereocenters. The number of aliphatic carboxylic acids is 1. The summed E-state index contributed by atoms with van der Waals surface area (Å²) in [6.07, 6.45) is 0.273. The van der Waals surface area contributed by atoms with Crippen LogP contribution >= 0.6 is 0 Å². The number of carbonyl (C=O) groups excluding carboxylic acids is 3. The number of quaternary nitrogens is 1. The molecule has 0 aromatic heterocycles. The number of carboxylic acids is 1. The highest BCUT2D eigenvalue weighted by Gasteiger charge is 2.56. The van der Waals surface area contributed by atoms with Crippen LogP contribution in [0.4, 0.5) is 0 Å². The summed E-state index contributed by atoms with van der Waals surface area (Å²) in [5.41, 5.74) is -0.121. The molecule has 49 heavy (non-hydrogen) atoms. The second kappa shape index (κ2) is 15.2. The van der Waals surface area contributed by atoms with Crippen molar-refractivity contribution >= 4 is 17.8 Å². The van der Waals surface area contributed by atoms with Gasteiger partial charge >= 0.3 is 0 Å². The minimum atomic E-state index is -1.40. The van der Waals surface area contributed by atoms with Gasteiger partial charge in [-0.2, -0.15) is 0 Å². The number of hydrogen-bond acceptors (Lipinski definition) is 4. The van der Waals surface area contributed by atoms with Crippen molar-refractivity contribution < 1.29 is 24.0 Å². The smallest absolute Gasteiger partial charge is 0.226 e. The summed E-state index contributed by atoms with van der Waals surface area (Å²) >= 11 is 0. The summed E-state index contributed by atoms with van der Waals surface area (Å²) in [5, 5.41) is 19.1. The number of carbonyl (C=O) groups is 3. The maximum absolute atomic E-state index is 14.3. The van der Waals surface area contributed by atoms with Crippen LogP contribution in [0.5, 0.6) is 0 Å². The average Bonchev–Trinajstić information content (AvgIpc) is 3.06. The van der Waals surface area contributed by atoms with Gasteiger partial charge in [-0.05, 0) is 41.5 Å². The van der Waals surface area contributed by atoms with Crippen LogP contribution in [0.3, 0.4) is 0 Å². The molecular formula is C42H51N3O4. The second-order valence-electron chi connectivity index (χ2n) is 15.6. The van der Waals surface area contributed by atoms with Gasteiger partial charge in [-0.1, -0.05) is 142 Å². The van der Waals surface area contributed by atoms with Crippen LogP contribution in [0.25, 0.3) is 0 Å². The normalized spacial score (nSPS) is 22.1. The van der Waals surface area contributed by atoms with Crippen LogP contribution < -0.4 is 15.7 Å². The van der Waals surface area contributed by atoms with E-state index in [1.165, 1.54) is 0 Å². The fourth-order valence-electron chi connectivity index (χ4n) is 7.15. The monoisotopic (exact) mass is 661 g/mol. The maximum Gasteiger partial charge on any atom is 0.226 e. The third-order valence-electron chi connectivity index (χ3n) is 9.01. The van der Waals surface area contributed by atoms with Crippen LogP contribution in [0.1, 0.15) is 74.4 Å². The highest BCUT2D eigenvalue weighted by Crippen LogP contribution is 2.55. The van der Waals surface area contributed by atoms with Gasteiger partial charge in [-0.15, -0.1) is 0 Å². The van der Waals surface area contributed by atoms with E-state index in [9.17, 15) is 19.5 Å². The van der Waals surface area contributed by atoms with Crippen LogP contribution in [-0.2, 0) is 14.4 Å². The standard InChI is InChI=1S/C38H40N2O4.C4H12N/c1-36(33(41)39-31(27-16-8-4-9-17-27)28-18-10-5-11-19-28)24-37(2,26-38(3,25-36)35(43)44)34(42)40-32(29-20-12-6-13-21-29)30-22-14-7-15-23-30;1-5(2,3)4/h4-23,31-32H,24-26H2,1-3H3,(H,39,41)(H,40,42)(H,43,44);1-4H3/q;+1/p-1/t36-,37+,38?;. The van der Waals surface area contributed by atoms with Gasteiger partial charge in [0.1, 0.15) is 0 Å². The number of carboxylic acid groups (broad SMARTS) is 1. The molecule has 258 valence electrons. The number of amides is 2. The first-order valence-electron chi connectivity index (χ1n) is 16.9. The van der Waals surface area contributed by atoms with Gasteiger partial charge < -0.3 is 25.0 Å². The van der Waals surface area contributed by atoms with E-state index in [0.29, 0.717) is 0 Å². The lowest BCUT2D eigenvalue weighted by Gasteiger charge is -2.52. The Bertz CT molecular complexity index is 1490. The summed E-state index contributed by atoms with van der Waals surface area (Å²) in [6.45, 7) is 5.14. The van der Waals surface area contributed by atoms with Crippen LogP contribution in [0, 0.1) is 16.2 Å². The van der Waals surface area contributed by atoms with E-state index in [4.69, 9.17) is 0 Å². The summed E-state index contributed by atoms with van der Waals surface area (Å²) in [4.78, 5) is 41.3. The fourth-order valence-corrected chi connectivity index (χ4v) is 7.15. The highest BCUT2D eigenvalue weighted by atomic mass is 16.4. The molecule has 1 fully saturated rings. The Balaban J connectivity index is 0.00000101. The third kappa shape index (κ3) is 9.67. The average molecular weight is 662 g/mol. The molecule has 0 radical (unpaired) electrons. The zero-order valence-electron chi connectivity index (χ0n) is 29.9. The van der Waals surface area contributed by atoms with Gasteiger partial charge in [-0.3, -0.25) is 9.59 Å². The van der Waals surface area contributed by atoms with Gasteiger partial charge in [0.2, 0.25) is 11.8 Å². The highest BCUT2D eigenvalue weighted by molar-refractivity contribution is 5.89. The molecule has 1 unspecified atom stereocenters. The largest absolute Gasteiger partial charge is 0.550 e. The third-order valence-corrected chi connectivity index (χ3v) is 9.01. The maximum atomic E-state index is 14.3. The van der Waals surface area contributed by atoms with Crippen LogP contribution in [0.2, 0.25) is 0 Å². The lowest BCUT2D eigenvalue weighted by atomic mass is 9.53. The molecule has 0 spiro atoms. The molecule has 0 heterocycles. The van der Waals surface area contributed by atoms with Gasteiger partial charge in [0.15, 0.2) is 0 Å². The van der Waals surface area contributed by atoms with Crippen molar-refractivity contribution in [2.45, 2.75) is 52.1 Å². The zero-order valence-corrected chi connectivity index (χ0v) is 29.9. The molecule has 0 aliphatic heterocycles. The van der Waals surface area contributed by atoms with Crippen molar-refractivity contribution in [3.8, 4) is 0 Å². The predicted octanol–water partition coefficient (Wildman–Crippen LogP) is 6.07. The lowest BCUT2D eigenvalue weighted by molar-refractivity contribution is -0.849. The molecule has 2 amide bonds. The predicted molar refractivity (Wildman–Crippen MR) is 193 cm³/mol. The van der Waals surface area contributed by atoms with Crippen molar-refractivity contribution in [2.75, 3.05) is 28.2 Å². The molecule has 7 nitrogen and oxygen atoms in total. The molecule has 0 saturated heterocycles. The van der Waals surface area contributed by atoms with E-state index < -0.39 is 34.3 Å². The first kappa shape index (κ1) is 37.1. The Labute approximate surface area is 292 Å². The van der Waals surface area contributed by atoms with Crippen molar-refractivity contribution in [3.05, 3.63) is 144 Å².